The van der Waals surface area contributed by atoms with E-state index in [9.17, 15) is 4.79 Å². The minimum atomic E-state index is -0.00115. The van der Waals surface area contributed by atoms with Crippen molar-refractivity contribution in [2.45, 2.75) is 72.0 Å². The molecule has 0 aromatic heterocycles. The third-order valence-corrected chi connectivity index (χ3v) is 4.53. The van der Waals surface area contributed by atoms with Crippen LogP contribution in [0.15, 0.2) is 0 Å². The van der Waals surface area contributed by atoms with Gasteiger partial charge in [0.15, 0.2) is 0 Å². The summed E-state index contributed by atoms with van der Waals surface area (Å²) >= 11 is 0. The number of carbonyl (C=O) groups excluding carboxylic acids is 1. The normalized spacial score (nSPS) is 31.6. The summed E-state index contributed by atoms with van der Waals surface area (Å²) in [4.78, 5) is 14.4. The molecule has 0 aromatic rings. The van der Waals surface area contributed by atoms with Crippen LogP contribution in [0, 0.1) is 11.3 Å². The Morgan fingerprint density at radius 2 is 2.00 bits per heavy atom. The second-order valence-electron chi connectivity index (χ2n) is 7.02. The van der Waals surface area contributed by atoms with Crippen molar-refractivity contribution in [1.29, 1.82) is 0 Å². The minimum Gasteiger partial charge on any atom is -0.325 e. The van der Waals surface area contributed by atoms with Gasteiger partial charge in [0.2, 0.25) is 5.91 Å². The molecule has 2 unspecified atom stereocenters. The molecule has 3 nitrogen and oxygen atoms in total. The Labute approximate surface area is 111 Å². The summed E-state index contributed by atoms with van der Waals surface area (Å²) in [6, 6.07) is -0.00115. The second kappa shape index (κ2) is 5.20. The monoisotopic (exact) mass is 252 g/mol. The average Bonchev–Trinajstić information content (AvgIpc) is 2.79. The van der Waals surface area contributed by atoms with Crippen LogP contribution in [0.3, 0.4) is 0 Å². The van der Waals surface area contributed by atoms with E-state index in [1.807, 2.05) is 6.92 Å². The molecule has 104 valence electrons. The van der Waals surface area contributed by atoms with Crippen molar-refractivity contribution >= 4 is 5.91 Å². The number of hydrogen-bond donors (Lipinski definition) is 1. The number of carbonyl (C=O) groups is 1. The van der Waals surface area contributed by atoms with Gasteiger partial charge in [-0.05, 0) is 37.5 Å². The number of nitrogens with one attached hydrogen (secondary N) is 1. The fourth-order valence-electron chi connectivity index (χ4n) is 3.48. The highest BCUT2D eigenvalue weighted by atomic mass is 16.2. The zero-order valence-electron chi connectivity index (χ0n) is 12.3. The lowest BCUT2D eigenvalue weighted by atomic mass is 9.88. The third kappa shape index (κ3) is 2.87. The van der Waals surface area contributed by atoms with E-state index in [1.54, 1.807) is 0 Å². The van der Waals surface area contributed by atoms with Gasteiger partial charge >= 0.3 is 0 Å². The van der Waals surface area contributed by atoms with Gasteiger partial charge in [-0.15, -0.1) is 0 Å². The molecule has 1 saturated heterocycles. The maximum Gasteiger partial charge on any atom is 0.240 e. The van der Waals surface area contributed by atoms with E-state index in [0.717, 1.165) is 13.0 Å². The van der Waals surface area contributed by atoms with Gasteiger partial charge in [-0.1, -0.05) is 33.6 Å². The standard InChI is InChI=1S/C15H28N2O/c1-11(2)9-13-16-12(3)14(18)17(13)10-15(4)7-5-6-8-15/h11-13,16H,5-10H2,1-4H3. The molecule has 2 atom stereocenters. The first-order valence-corrected chi connectivity index (χ1v) is 7.48. The van der Waals surface area contributed by atoms with E-state index in [2.05, 4.69) is 31.0 Å². The van der Waals surface area contributed by atoms with Crippen molar-refractivity contribution in [2.75, 3.05) is 6.54 Å². The topological polar surface area (TPSA) is 32.3 Å². The number of rotatable bonds is 4. The van der Waals surface area contributed by atoms with Gasteiger partial charge in [0.05, 0.1) is 12.2 Å². The summed E-state index contributed by atoms with van der Waals surface area (Å²) < 4.78 is 0. The quantitative estimate of drug-likeness (QED) is 0.834. The van der Waals surface area contributed by atoms with Crippen molar-refractivity contribution in [2.24, 2.45) is 11.3 Å². The maximum absolute atomic E-state index is 12.3. The van der Waals surface area contributed by atoms with Gasteiger partial charge in [0.25, 0.3) is 0 Å². The molecule has 1 N–H and O–H groups in total. The van der Waals surface area contributed by atoms with Crippen LogP contribution in [0.25, 0.3) is 0 Å². The van der Waals surface area contributed by atoms with E-state index in [-0.39, 0.29) is 12.2 Å². The van der Waals surface area contributed by atoms with Gasteiger partial charge in [-0.25, -0.2) is 0 Å². The zero-order chi connectivity index (χ0) is 13.3. The van der Waals surface area contributed by atoms with Crippen LogP contribution in [0.4, 0.5) is 0 Å². The second-order valence-corrected chi connectivity index (χ2v) is 7.02. The Kier molecular flexibility index (Phi) is 4.00. The first-order chi connectivity index (χ1) is 8.41. The van der Waals surface area contributed by atoms with Crippen molar-refractivity contribution < 1.29 is 4.79 Å². The van der Waals surface area contributed by atoms with Crippen molar-refractivity contribution in [1.82, 2.24) is 10.2 Å². The number of hydrogen-bond acceptors (Lipinski definition) is 2. The summed E-state index contributed by atoms with van der Waals surface area (Å²) in [5.74, 6) is 0.924. The first kappa shape index (κ1) is 13.9. The highest BCUT2D eigenvalue weighted by Gasteiger charge is 2.41. The minimum absolute atomic E-state index is 0.00115. The molecular formula is C15H28N2O. The van der Waals surface area contributed by atoms with Crippen LogP contribution in [0.1, 0.15) is 59.8 Å². The van der Waals surface area contributed by atoms with Crippen molar-refractivity contribution in [3.8, 4) is 0 Å². The van der Waals surface area contributed by atoms with E-state index in [1.165, 1.54) is 25.7 Å². The highest BCUT2D eigenvalue weighted by Crippen LogP contribution is 2.39. The lowest BCUT2D eigenvalue weighted by molar-refractivity contribution is -0.131. The predicted octanol–water partition coefficient (Wildman–Crippen LogP) is 2.76. The molecule has 1 aliphatic carbocycles. The smallest absolute Gasteiger partial charge is 0.240 e. The van der Waals surface area contributed by atoms with Crippen molar-refractivity contribution in [3.63, 3.8) is 0 Å². The molecule has 1 amide bonds. The molecule has 0 spiro atoms. The Morgan fingerprint density at radius 3 is 2.56 bits per heavy atom. The predicted molar refractivity (Wildman–Crippen MR) is 74.1 cm³/mol. The van der Waals surface area contributed by atoms with Crippen molar-refractivity contribution in [3.05, 3.63) is 0 Å². The molecule has 2 aliphatic rings. The fourth-order valence-corrected chi connectivity index (χ4v) is 3.48. The number of amides is 1. The molecule has 2 fully saturated rings. The summed E-state index contributed by atoms with van der Waals surface area (Å²) in [7, 11) is 0. The molecule has 1 saturated carbocycles. The molecule has 1 aliphatic heterocycles. The summed E-state index contributed by atoms with van der Waals surface area (Å²) in [6.45, 7) is 9.74. The van der Waals surface area contributed by atoms with Gasteiger partial charge in [0, 0.05) is 6.54 Å². The van der Waals surface area contributed by atoms with Crippen LogP contribution >= 0.6 is 0 Å². The Morgan fingerprint density at radius 1 is 1.39 bits per heavy atom. The summed E-state index contributed by atoms with van der Waals surface area (Å²) in [6.07, 6.45) is 6.53. The van der Waals surface area contributed by atoms with Gasteiger partial charge in [0.1, 0.15) is 0 Å². The summed E-state index contributed by atoms with van der Waals surface area (Å²) in [5.41, 5.74) is 0.358. The van der Waals surface area contributed by atoms with Crippen LogP contribution < -0.4 is 5.32 Å². The number of nitrogens with zero attached hydrogens (tertiary/aromatic N) is 1. The van der Waals surface area contributed by atoms with E-state index in [4.69, 9.17) is 0 Å². The molecular weight excluding hydrogens is 224 g/mol. The SMILES string of the molecule is CC(C)CC1NC(C)C(=O)N1CC1(C)CCCC1. The zero-order valence-corrected chi connectivity index (χ0v) is 12.3. The van der Waals surface area contributed by atoms with Gasteiger partial charge in [-0.3, -0.25) is 10.1 Å². The average molecular weight is 252 g/mol. The lowest BCUT2D eigenvalue weighted by Crippen LogP contribution is -2.43. The highest BCUT2D eigenvalue weighted by molar-refractivity contribution is 5.83. The molecule has 0 radical (unpaired) electrons. The molecule has 0 aromatic carbocycles. The van der Waals surface area contributed by atoms with Crippen LogP contribution in [-0.4, -0.2) is 29.6 Å². The molecule has 2 rings (SSSR count). The Bertz CT molecular complexity index is 308. The van der Waals surface area contributed by atoms with Crippen LogP contribution in [-0.2, 0) is 4.79 Å². The Balaban J connectivity index is 2.04. The third-order valence-electron chi connectivity index (χ3n) is 4.53. The molecule has 0 bridgehead atoms. The Hall–Kier alpha value is -0.570. The molecule has 18 heavy (non-hydrogen) atoms. The van der Waals surface area contributed by atoms with E-state index < -0.39 is 0 Å². The van der Waals surface area contributed by atoms with E-state index in [0.29, 0.717) is 17.2 Å². The van der Waals surface area contributed by atoms with Gasteiger partial charge in [-0.2, -0.15) is 0 Å². The largest absolute Gasteiger partial charge is 0.325 e. The maximum atomic E-state index is 12.3. The fraction of sp³-hybridized carbons (Fsp3) is 0.933. The van der Waals surface area contributed by atoms with E-state index >= 15 is 0 Å². The summed E-state index contributed by atoms with van der Waals surface area (Å²) in [5, 5.41) is 3.45. The van der Waals surface area contributed by atoms with Crippen LogP contribution in [0.5, 0.6) is 0 Å². The van der Waals surface area contributed by atoms with Crippen LogP contribution in [0.2, 0.25) is 0 Å². The molecule has 1 heterocycles. The first-order valence-electron chi connectivity index (χ1n) is 7.48. The lowest BCUT2D eigenvalue weighted by Gasteiger charge is -2.34. The van der Waals surface area contributed by atoms with Gasteiger partial charge < -0.3 is 4.90 Å². The molecule has 3 heteroatoms.